The minimum Gasteiger partial charge on any atom is -0.490 e. The minimum absolute atomic E-state index is 0.0626. The van der Waals surface area contributed by atoms with Crippen molar-refractivity contribution in [3.8, 4) is 16.9 Å². The quantitative estimate of drug-likeness (QED) is 0.637. The van der Waals surface area contributed by atoms with Crippen molar-refractivity contribution >= 4 is 32.4 Å². The summed E-state index contributed by atoms with van der Waals surface area (Å²) in [5, 5.41) is 8.96. The molecule has 1 atom stereocenters. The van der Waals surface area contributed by atoms with Crippen molar-refractivity contribution in [3.63, 3.8) is 0 Å². The molecular formula is C18H21IO4S. The van der Waals surface area contributed by atoms with Crippen LogP contribution >= 0.6 is 22.6 Å². The van der Waals surface area contributed by atoms with Gasteiger partial charge in [0.05, 0.1) is 20.3 Å². The second kappa shape index (κ2) is 8.31. The first-order chi connectivity index (χ1) is 11.4. The molecule has 0 amide bonds. The van der Waals surface area contributed by atoms with Crippen molar-refractivity contribution in [3.05, 3.63) is 46.0 Å². The van der Waals surface area contributed by atoms with E-state index in [4.69, 9.17) is 9.84 Å². The number of hydrogen-bond donors (Lipinski definition) is 1. The highest BCUT2D eigenvalue weighted by Gasteiger charge is 2.13. The third-order valence-corrected chi connectivity index (χ3v) is 6.28. The van der Waals surface area contributed by atoms with Gasteiger partial charge in [0.1, 0.15) is 5.75 Å². The van der Waals surface area contributed by atoms with E-state index in [1.54, 1.807) is 25.1 Å². The molecular weight excluding hydrogens is 439 g/mol. The lowest BCUT2D eigenvalue weighted by molar-refractivity contribution is 0.168. The normalized spacial score (nSPS) is 12.8. The maximum Gasteiger partial charge on any atom is 0.178 e. The number of hydrogen-bond acceptors (Lipinski definition) is 4. The maximum absolute atomic E-state index is 12.0. The molecule has 130 valence electrons. The van der Waals surface area contributed by atoms with Crippen LogP contribution in [0.2, 0.25) is 0 Å². The Morgan fingerprint density at radius 3 is 2.50 bits per heavy atom. The maximum atomic E-state index is 12.0. The van der Waals surface area contributed by atoms with Crippen LogP contribution in [-0.2, 0) is 9.84 Å². The monoisotopic (exact) mass is 460 g/mol. The van der Waals surface area contributed by atoms with Crippen LogP contribution in [0.1, 0.15) is 20.3 Å². The van der Waals surface area contributed by atoms with E-state index in [9.17, 15) is 8.42 Å². The van der Waals surface area contributed by atoms with Crippen molar-refractivity contribution < 1.29 is 18.3 Å². The Labute approximate surface area is 156 Å². The molecule has 0 unspecified atom stereocenters. The Kier molecular flexibility index (Phi) is 6.65. The van der Waals surface area contributed by atoms with Crippen LogP contribution in [0.5, 0.6) is 5.75 Å². The fraction of sp³-hybridized carbons (Fsp3) is 0.333. The van der Waals surface area contributed by atoms with Crippen LogP contribution in [0.4, 0.5) is 0 Å². The highest BCUT2D eigenvalue weighted by Crippen LogP contribution is 2.30. The van der Waals surface area contributed by atoms with E-state index in [0.29, 0.717) is 11.3 Å². The standard InChI is InChI=1S/C18H21IO4S/c1-3-24(21,22)16-6-4-5-14(11-16)15-7-8-18(17(19)12-15)23-13(2)9-10-20/h4-8,11-13,20H,3,9-10H2,1-2H3/t13-/m1/s1. The van der Waals surface area contributed by atoms with Gasteiger partial charge in [0, 0.05) is 13.0 Å². The van der Waals surface area contributed by atoms with Crippen LogP contribution in [0.15, 0.2) is 47.4 Å². The van der Waals surface area contributed by atoms with Gasteiger partial charge in [-0.3, -0.25) is 0 Å². The lowest BCUT2D eigenvalue weighted by Crippen LogP contribution is -2.14. The molecule has 0 aliphatic rings. The summed E-state index contributed by atoms with van der Waals surface area (Å²) < 4.78 is 30.8. The summed E-state index contributed by atoms with van der Waals surface area (Å²) in [5.41, 5.74) is 1.80. The Balaban J connectivity index is 2.31. The molecule has 0 aromatic heterocycles. The number of aliphatic hydroxyl groups is 1. The van der Waals surface area contributed by atoms with Crippen molar-refractivity contribution in [1.29, 1.82) is 0 Å². The molecule has 0 saturated carbocycles. The van der Waals surface area contributed by atoms with Gasteiger partial charge in [-0.1, -0.05) is 25.1 Å². The molecule has 0 fully saturated rings. The Bertz CT molecular complexity index is 802. The first kappa shape index (κ1) is 19.2. The van der Waals surface area contributed by atoms with Crippen LogP contribution < -0.4 is 4.74 Å². The fourth-order valence-corrected chi connectivity index (χ4v) is 3.84. The van der Waals surface area contributed by atoms with E-state index in [1.807, 2.05) is 31.2 Å². The number of ether oxygens (including phenoxy) is 1. The van der Waals surface area contributed by atoms with E-state index in [1.165, 1.54) is 0 Å². The lowest BCUT2D eigenvalue weighted by atomic mass is 10.1. The SMILES string of the molecule is CCS(=O)(=O)c1cccc(-c2ccc(O[C@H](C)CCO)c(I)c2)c1. The summed E-state index contributed by atoms with van der Waals surface area (Å²) in [4.78, 5) is 0.342. The van der Waals surface area contributed by atoms with E-state index in [0.717, 1.165) is 20.4 Å². The van der Waals surface area contributed by atoms with Gasteiger partial charge in [-0.2, -0.15) is 0 Å². The second-order valence-corrected chi connectivity index (χ2v) is 8.96. The molecule has 24 heavy (non-hydrogen) atoms. The number of rotatable bonds is 7. The van der Waals surface area contributed by atoms with Gasteiger partial charge in [-0.05, 0) is 64.9 Å². The number of benzene rings is 2. The van der Waals surface area contributed by atoms with Crippen LogP contribution in [0.3, 0.4) is 0 Å². The zero-order valence-corrected chi connectivity index (χ0v) is 16.7. The third-order valence-electron chi connectivity index (χ3n) is 3.70. The number of sulfone groups is 1. The highest BCUT2D eigenvalue weighted by atomic mass is 127. The lowest BCUT2D eigenvalue weighted by Gasteiger charge is -2.15. The predicted octanol–water partition coefficient (Wildman–Crippen LogP) is 3.90. The van der Waals surface area contributed by atoms with E-state index >= 15 is 0 Å². The fourth-order valence-electron chi connectivity index (χ4n) is 2.27. The molecule has 0 aliphatic carbocycles. The Morgan fingerprint density at radius 1 is 1.17 bits per heavy atom. The second-order valence-electron chi connectivity index (χ2n) is 5.52. The molecule has 0 saturated heterocycles. The molecule has 0 spiro atoms. The van der Waals surface area contributed by atoms with Crippen molar-refractivity contribution in [1.82, 2.24) is 0 Å². The highest BCUT2D eigenvalue weighted by molar-refractivity contribution is 14.1. The molecule has 1 N–H and O–H groups in total. The van der Waals surface area contributed by atoms with Gasteiger partial charge in [0.15, 0.2) is 9.84 Å². The summed E-state index contributed by atoms with van der Waals surface area (Å²) in [5.74, 6) is 0.849. The van der Waals surface area contributed by atoms with Gasteiger partial charge < -0.3 is 9.84 Å². The van der Waals surface area contributed by atoms with Crippen LogP contribution in [-0.4, -0.2) is 32.0 Å². The van der Waals surface area contributed by atoms with Crippen LogP contribution in [0.25, 0.3) is 11.1 Å². The summed E-state index contributed by atoms with van der Waals surface area (Å²) in [6, 6.07) is 12.8. The van der Waals surface area contributed by atoms with E-state index < -0.39 is 9.84 Å². The summed E-state index contributed by atoms with van der Waals surface area (Å²) in [6.45, 7) is 3.65. The number of aliphatic hydroxyl groups excluding tert-OH is 1. The van der Waals surface area contributed by atoms with E-state index in [2.05, 4.69) is 22.6 Å². The third kappa shape index (κ3) is 4.70. The number of halogens is 1. The zero-order valence-electron chi connectivity index (χ0n) is 13.7. The van der Waals surface area contributed by atoms with Gasteiger partial charge >= 0.3 is 0 Å². The Hall–Kier alpha value is -1.12. The first-order valence-electron chi connectivity index (χ1n) is 7.77. The molecule has 0 bridgehead atoms. The van der Waals surface area contributed by atoms with Gasteiger partial charge in [-0.15, -0.1) is 0 Å². The molecule has 6 heteroatoms. The molecule has 0 radical (unpaired) electrons. The average Bonchev–Trinajstić information content (AvgIpc) is 2.57. The smallest absolute Gasteiger partial charge is 0.178 e. The molecule has 2 aromatic carbocycles. The molecule has 4 nitrogen and oxygen atoms in total. The van der Waals surface area contributed by atoms with Crippen LogP contribution in [0, 0.1) is 3.57 Å². The topological polar surface area (TPSA) is 63.6 Å². The first-order valence-corrected chi connectivity index (χ1v) is 10.5. The largest absolute Gasteiger partial charge is 0.490 e. The molecule has 2 rings (SSSR count). The van der Waals surface area contributed by atoms with Gasteiger partial charge in [-0.25, -0.2) is 8.42 Å². The van der Waals surface area contributed by atoms with Gasteiger partial charge in [0.2, 0.25) is 0 Å². The van der Waals surface area contributed by atoms with Crippen molar-refractivity contribution in [2.75, 3.05) is 12.4 Å². The van der Waals surface area contributed by atoms with Crippen molar-refractivity contribution in [2.45, 2.75) is 31.3 Å². The molecule has 0 aliphatic heterocycles. The Morgan fingerprint density at radius 2 is 1.88 bits per heavy atom. The zero-order chi connectivity index (χ0) is 17.7. The molecule has 0 heterocycles. The van der Waals surface area contributed by atoms with Gasteiger partial charge in [0.25, 0.3) is 0 Å². The summed E-state index contributed by atoms with van der Waals surface area (Å²) >= 11 is 2.20. The van der Waals surface area contributed by atoms with E-state index in [-0.39, 0.29) is 18.5 Å². The predicted molar refractivity (Wildman–Crippen MR) is 104 cm³/mol. The van der Waals surface area contributed by atoms with Crippen molar-refractivity contribution in [2.24, 2.45) is 0 Å². The summed E-state index contributed by atoms with van der Waals surface area (Å²) in [6.07, 6.45) is 0.516. The molecule has 2 aromatic rings. The minimum atomic E-state index is -3.22. The average molecular weight is 460 g/mol. The summed E-state index contributed by atoms with van der Waals surface area (Å²) in [7, 11) is -3.22.